The number of hydrogen-bond donors (Lipinski definition) is 2. The van der Waals surface area contributed by atoms with E-state index in [1.54, 1.807) is 30.3 Å². The number of aromatic hydroxyl groups is 1. The smallest absolute Gasteiger partial charge is 0.146 e. The minimum Gasteiger partial charge on any atom is -0.508 e. The van der Waals surface area contributed by atoms with Crippen LogP contribution < -0.4 is 5.32 Å². The minimum absolute atomic E-state index is 0.190. The standard InChI is InChI=1S/C13H12FNO/c1-9-2-7-13(12(14)8-9)15-10-3-5-11(16)6-4-10/h2-8,15-16H,1H3. The minimum atomic E-state index is -0.284. The molecule has 0 heterocycles. The van der Waals surface area contributed by atoms with E-state index in [-0.39, 0.29) is 11.6 Å². The first-order valence-electron chi connectivity index (χ1n) is 4.97. The van der Waals surface area contributed by atoms with E-state index in [9.17, 15) is 4.39 Å². The van der Waals surface area contributed by atoms with E-state index in [0.717, 1.165) is 11.3 Å². The summed E-state index contributed by atoms with van der Waals surface area (Å²) in [5.74, 6) is -0.0944. The Kier molecular flexibility index (Phi) is 2.77. The van der Waals surface area contributed by atoms with E-state index in [4.69, 9.17) is 5.11 Å². The summed E-state index contributed by atoms with van der Waals surface area (Å²) in [7, 11) is 0. The molecule has 3 heteroatoms. The van der Waals surface area contributed by atoms with Crippen LogP contribution in [0.1, 0.15) is 5.56 Å². The van der Waals surface area contributed by atoms with Gasteiger partial charge < -0.3 is 10.4 Å². The van der Waals surface area contributed by atoms with Crippen molar-refractivity contribution < 1.29 is 9.50 Å². The van der Waals surface area contributed by atoms with Crippen LogP contribution in [0.2, 0.25) is 0 Å². The van der Waals surface area contributed by atoms with Gasteiger partial charge in [-0.1, -0.05) is 6.07 Å². The Balaban J connectivity index is 2.23. The van der Waals surface area contributed by atoms with Gasteiger partial charge in [0.15, 0.2) is 0 Å². The van der Waals surface area contributed by atoms with Crippen LogP contribution in [0.5, 0.6) is 5.75 Å². The summed E-state index contributed by atoms with van der Waals surface area (Å²) in [5.41, 5.74) is 2.05. The zero-order chi connectivity index (χ0) is 11.5. The lowest BCUT2D eigenvalue weighted by Crippen LogP contribution is -1.93. The molecule has 0 saturated carbocycles. The number of aryl methyl sites for hydroxylation is 1. The van der Waals surface area contributed by atoms with Gasteiger partial charge in [0.25, 0.3) is 0 Å². The molecule has 0 aliphatic rings. The highest BCUT2D eigenvalue weighted by atomic mass is 19.1. The average Bonchev–Trinajstić information content (AvgIpc) is 2.25. The van der Waals surface area contributed by atoms with Crippen molar-refractivity contribution in [2.24, 2.45) is 0 Å². The number of phenols is 1. The maximum absolute atomic E-state index is 13.5. The second-order valence-electron chi connectivity index (χ2n) is 3.66. The average molecular weight is 217 g/mol. The Morgan fingerprint density at radius 3 is 2.38 bits per heavy atom. The zero-order valence-electron chi connectivity index (χ0n) is 8.87. The lowest BCUT2D eigenvalue weighted by Gasteiger charge is -2.08. The fourth-order valence-electron chi connectivity index (χ4n) is 1.42. The van der Waals surface area contributed by atoms with Gasteiger partial charge in [-0.15, -0.1) is 0 Å². The third kappa shape index (κ3) is 2.31. The van der Waals surface area contributed by atoms with Gasteiger partial charge in [-0.25, -0.2) is 4.39 Å². The quantitative estimate of drug-likeness (QED) is 0.753. The van der Waals surface area contributed by atoms with Crippen LogP contribution in [0.3, 0.4) is 0 Å². The molecule has 2 nitrogen and oxygen atoms in total. The Bertz CT molecular complexity index is 494. The Hall–Kier alpha value is -2.03. The molecule has 0 aliphatic heterocycles. The van der Waals surface area contributed by atoms with Crippen molar-refractivity contribution in [3.8, 4) is 5.75 Å². The van der Waals surface area contributed by atoms with Crippen molar-refractivity contribution in [2.45, 2.75) is 6.92 Å². The SMILES string of the molecule is Cc1ccc(Nc2ccc(O)cc2)c(F)c1. The number of rotatable bonds is 2. The van der Waals surface area contributed by atoms with Crippen LogP contribution >= 0.6 is 0 Å². The van der Waals surface area contributed by atoms with Crippen LogP contribution in [-0.4, -0.2) is 5.11 Å². The molecular weight excluding hydrogens is 205 g/mol. The van der Waals surface area contributed by atoms with Crippen LogP contribution in [0.15, 0.2) is 42.5 Å². The lowest BCUT2D eigenvalue weighted by atomic mass is 10.2. The molecule has 0 amide bonds. The number of phenolic OH excluding ortho intramolecular Hbond substituents is 1. The van der Waals surface area contributed by atoms with Gasteiger partial charge in [-0.3, -0.25) is 0 Å². The van der Waals surface area contributed by atoms with Crippen LogP contribution in [-0.2, 0) is 0 Å². The van der Waals surface area contributed by atoms with E-state index in [2.05, 4.69) is 5.32 Å². The summed E-state index contributed by atoms with van der Waals surface area (Å²) in [6.45, 7) is 1.84. The predicted molar refractivity (Wildman–Crippen MR) is 62.5 cm³/mol. The molecule has 0 aromatic heterocycles. The summed E-state index contributed by atoms with van der Waals surface area (Å²) >= 11 is 0. The summed E-state index contributed by atoms with van der Waals surface area (Å²) in [4.78, 5) is 0. The Morgan fingerprint density at radius 2 is 1.75 bits per heavy atom. The van der Waals surface area contributed by atoms with Gasteiger partial charge in [0, 0.05) is 5.69 Å². The molecule has 0 aliphatic carbocycles. The molecule has 2 aromatic rings. The van der Waals surface area contributed by atoms with Crippen molar-refractivity contribution in [3.05, 3.63) is 53.8 Å². The molecule has 16 heavy (non-hydrogen) atoms. The third-order valence-corrected chi connectivity index (χ3v) is 2.27. The Labute approximate surface area is 93.4 Å². The molecule has 2 rings (SSSR count). The van der Waals surface area contributed by atoms with Crippen molar-refractivity contribution in [3.63, 3.8) is 0 Å². The van der Waals surface area contributed by atoms with E-state index in [1.165, 1.54) is 6.07 Å². The zero-order valence-corrected chi connectivity index (χ0v) is 8.87. The highest BCUT2D eigenvalue weighted by Crippen LogP contribution is 2.22. The highest BCUT2D eigenvalue weighted by molar-refractivity contribution is 5.61. The lowest BCUT2D eigenvalue weighted by molar-refractivity contribution is 0.475. The molecule has 82 valence electrons. The van der Waals surface area contributed by atoms with Gasteiger partial charge in [-0.05, 0) is 48.9 Å². The molecule has 2 aromatic carbocycles. The summed E-state index contributed by atoms with van der Waals surface area (Å²) in [5, 5.41) is 12.1. The largest absolute Gasteiger partial charge is 0.508 e. The van der Waals surface area contributed by atoms with Gasteiger partial charge in [-0.2, -0.15) is 0 Å². The first-order chi connectivity index (χ1) is 7.65. The summed E-state index contributed by atoms with van der Waals surface area (Å²) in [6, 6.07) is 11.5. The van der Waals surface area contributed by atoms with Crippen molar-refractivity contribution in [1.29, 1.82) is 0 Å². The molecule has 0 atom stereocenters. The normalized spacial score (nSPS) is 10.1. The second-order valence-corrected chi connectivity index (χ2v) is 3.66. The summed E-state index contributed by atoms with van der Waals surface area (Å²) < 4.78 is 13.5. The van der Waals surface area contributed by atoms with Gasteiger partial charge in [0.05, 0.1) is 5.69 Å². The van der Waals surface area contributed by atoms with Gasteiger partial charge in [0.2, 0.25) is 0 Å². The topological polar surface area (TPSA) is 32.3 Å². The van der Waals surface area contributed by atoms with E-state index < -0.39 is 0 Å². The predicted octanol–water partition coefficient (Wildman–Crippen LogP) is 3.58. The van der Waals surface area contributed by atoms with Crippen molar-refractivity contribution in [1.82, 2.24) is 0 Å². The summed E-state index contributed by atoms with van der Waals surface area (Å²) in [6.07, 6.45) is 0. The van der Waals surface area contributed by atoms with Gasteiger partial charge in [0.1, 0.15) is 11.6 Å². The van der Waals surface area contributed by atoms with Crippen LogP contribution in [0, 0.1) is 12.7 Å². The first-order valence-corrected chi connectivity index (χ1v) is 4.97. The van der Waals surface area contributed by atoms with Crippen LogP contribution in [0.25, 0.3) is 0 Å². The number of benzene rings is 2. The number of hydrogen-bond acceptors (Lipinski definition) is 2. The molecule has 0 radical (unpaired) electrons. The monoisotopic (exact) mass is 217 g/mol. The van der Waals surface area contributed by atoms with E-state index in [0.29, 0.717) is 5.69 Å². The number of nitrogens with one attached hydrogen (secondary N) is 1. The van der Waals surface area contributed by atoms with Crippen molar-refractivity contribution in [2.75, 3.05) is 5.32 Å². The van der Waals surface area contributed by atoms with E-state index >= 15 is 0 Å². The molecule has 2 N–H and O–H groups in total. The maximum atomic E-state index is 13.5. The van der Waals surface area contributed by atoms with E-state index in [1.807, 2.05) is 13.0 Å². The molecule has 0 fully saturated rings. The molecule has 0 unspecified atom stereocenters. The number of halogens is 1. The van der Waals surface area contributed by atoms with Crippen molar-refractivity contribution >= 4 is 11.4 Å². The molecule has 0 saturated heterocycles. The molecular formula is C13H12FNO. The third-order valence-electron chi connectivity index (χ3n) is 2.27. The van der Waals surface area contributed by atoms with Gasteiger partial charge >= 0.3 is 0 Å². The Morgan fingerprint density at radius 1 is 1.06 bits per heavy atom. The second kappa shape index (κ2) is 4.23. The molecule has 0 bridgehead atoms. The first kappa shape index (κ1) is 10.5. The molecule has 0 spiro atoms. The fraction of sp³-hybridized carbons (Fsp3) is 0.0769. The van der Waals surface area contributed by atoms with Crippen LogP contribution in [0.4, 0.5) is 15.8 Å². The highest BCUT2D eigenvalue weighted by Gasteiger charge is 2.02. The maximum Gasteiger partial charge on any atom is 0.146 e. The number of anilines is 2. The fourth-order valence-corrected chi connectivity index (χ4v) is 1.42.